The molecule has 1 aromatic heterocycles. The number of piperidine rings is 1. The molecule has 0 aromatic carbocycles. The van der Waals surface area contributed by atoms with Gasteiger partial charge in [-0.2, -0.15) is 0 Å². The van der Waals surface area contributed by atoms with Crippen LogP contribution in [0.3, 0.4) is 0 Å². The maximum atomic E-state index is 14.1. The summed E-state index contributed by atoms with van der Waals surface area (Å²) in [4.78, 5) is 40.4. The zero-order chi connectivity index (χ0) is 33.7. The Labute approximate surface area is 306 Å². The molecule has 0 bridgehead atoms. The number of nitrogens with zero attached hydrogens (tertiary/aromatic N) is 4. The molecular formula is C35H44I2N4O5Si. The van der Waals surface area contributed by atoms with E-state index in [1.807, 2.05) is 27.0 Å². The first-order chi connectivity index (χ1) is 22.2. The number of fused-ring (bicyclic) bond motifs is 3. The van der Waals surface area contributed by atoms with E-state index in [1.54, 1.807) is 17.3 Å². The molecule has 0 spiro atoms. The minimum Gasteiger partial charge on any atom is -0.457 e. The number of ether oxygens (including phenoxy) is 3. The van der Waals surface area contributed by atoms with Crippen LogP contribution in [0.5, 0.6) is 0 Å². The monoisotopic (exact) mass is 882 g/mol. The second-order valence-corrected chi connectivity index (χ2v) is 23.1. The van der Waals surface area contributed by atoms with Crippen LogP contribution >= 0.6 is 45.2 Å². The van der Waals surface area contributed by atoms with Crippen molar-refractivity contribution in [2.24, 2.45) is 5.92 Å². The minimum atomic E-state index is -1.23. The standard InChI is InChI=1S/C35H44I2N4O5Si/c1-35(2,3)46-25(42)17-21-10-13-41-23(16-21)18-45-32-28-31(38-19-39-33(28)41)29(36)27(30(32)37)24-9-7-8-22-11-12-40(34(43)26(22)24)20-44-14-15-47(4,5)6/h7,9,11-12,17,19,22-23,30,32H,8,10,13-16,18,20H2,1-6H3/b21-17+/t22?,23-,30?,32?/m0/s1. The van der Waals surface area contributed by atoms with E-state index in [0.717, 1.165) is 68.4 Å². The largest absolute Gasteiger partial charge is 0.457 e. The van der Waals surface area contributed by atoms with Crippen LogP contribution in [-0.2, 0) is 23.8 Å². The molecule has 2 aliphatic carbocycles. The van der Waals surface area contributed by atoms with Crippen LogP contribution in [0, 0.1) is 5.92 Å². The molecule has 47 heavy (non-hydrogen) atoms. The summed E-state index contributed by atoms with van der Waals surface area (Å²) in [6.45, 7) is 14.8. The topological polar surface area (TPSA) is 94.1 Å². The number of hydrogen-bond acceptors (Lipinski definition) is 8. The van der Waals surface area contributed by atoms with Crippen molar-refractivity contribution in [2.75, 3.05) is 31.4 Å². The van der Waals surface area contributed by atoms with Gasteiger partial charge in [0.1, 0.15) is 30.6 Å². The quantitative estimate of drug-likeness (QED) is 0.0705. The Balaban J connectivity index is 1.30. The Kier molecular flexibility index (Phi) is 10.3. The summed E-state index contributed by atoms with van der Waals surface area (Å²) < 4.78 is 19.3. The third kappa shape index (κ3) is 7.50. The molecule has 0 N–H and O–H groups in total. The number of halogens is 2. The molecule has 3 aliphatic heterocycles. The SMILES string of the molecule is CC(C)(C)OC(=O)/C=C1\CCN2c3ncnc4c3C(OC[C@@H]2C1)C(I)C(C1=C2C(=O)N(COCC[Si](C)(C)C)C=CC2CC=C1)=C4I. The lowest BCUT2D eigenvalue weighted by atomic mass is 9.78. The molecule has 3 unspecified atom stereocenters. The Bertz CT molecular complexity index is 1610. The van der Waals surface area contributed by atoms with Crippen LogP contribution in [0.2, 0.25) is 25.7 Å². The summed E-state index contributed by atoms with van der Waals surface area (Å²) in [5.74, 6) is 0.621. The molecule has 4 heterocycles. The van der Waals surface area contributed by atoms with Crippen LogP contribution in [0.1, 0.15) is 57.4 Å². The van der Waals surface area contributed by atoms with Gasteiger partial charge in [-0.15, -0.1) is 0 Å². The first-order valence-corrected chi connectivity index (χ1v) is 22.4. The van der Waals surface area contributed by atoms with Crippen molar-refractivity contribution < 1.29 is 23.8 Å². The van der Waals surface area contributed by atoms with Gasteiger partial charge in [0.15, 0.2) is 0 Å². The lowest BCUT2D eigenvalue weighted by molar-refractivity contribution is -0.148. The Morgan fingerprint density at radius 3 is 2.74 bits per heavy atom. The van der Waals surface area contributed by atoms with Crippen LogP contribution in [-0.4, -0.2) is 76.9 Å². The number of anilines is 1. The van der Waals surface area contributed by atoms with E-state index in [9.17, 15) is 9.59 Å². The van der Waals surface area contributed by atoms with Crippen molar-refractivity contribution in [1.82, 2.24) is 14.9 Å². The summed E-state index contributed by atoms with van der Waals surface area (Å²) >= 11 is 4.91. The molecule has 1 saturated heterocycles. The number of carbonyl (C=O) groups excluding carboxylic acids is 2. The first-order valence-electron chi connectivity index (χ1n) is 16.4. The van der Waals surface area contributed by atoms with E-state index >= 15 is 0 Å². The Morgan fingerprint density at radius 2 is 2.00 bits per heavy atom. The number of carbonyl (C=O) groups is 2. The van der Waals surface area contributed by atoms with Gasteiger partial charge in [-0.25, -0.2) is 14.8 Å². The minimum absolute atomic E-state index is 0.00236. The lowest BCUT2D eigenvalue weighted by Crippen LogP contribution is -2.43. The fraction of sp³-hybridized carbons (Fsp3) is 0.543. The molecule has 1 fully saturated rings. The van der Waals surface area contributed by atoms with Crippen molar-refractivity contribution in [3.8, 4) is 0 Å². The molecule has 4 atom stereocenters. The van der Waals surface area contributed by atoms with Gasteiger partial charge < -0.3 is 19.1 Å². The second-order valence-electron chi connectivity index (χ2n) is 15.0. The predicted molar refractivity (Wildman–Crippen MR) is 203 cm³/mol. The van der Waals surface area contributed by atoms with E-state index < -0.39 is 13.7 Å². The highest BCUT2D eigenvalue weighted by Crippen LogP contribution is 2.53. The van der Waals surface area contributed by atoms with Crippen molar-refractivity contribution in [3.63, 3.8) is 0 Å². The average molecular weight is 883 g/mol. The normalized spacial score (nSPS) is 26.7. The molecule has 0 saturated carbocycles. The molecule has 1 amide bonds. The number of esters is 1. The van der Waals surface area contributed by atoms with Crippen molar-refractivity contribution >= 4 is 74.5 Å². The van der Waals surface area contributed by atoms with Gasteiger partial charge in [-0.3, -0.25) is 9.69 Å². The van der Waals surface area contributed by atoms with E-state index in [4.69, 9.17) is 24.2 Å². The van der Waals surface area contributed by atoms with E-state index in [2.05, 4.69) is 88.0 Å². The number of aromatic nitrogens is 2. The summed E-state index contributed by atoms with van der Waals surface area (Å²) in [6, 6.07) is 1.09. The molecule has 1 aromatic rings. The molecule has 9 nitrogen and oxygen atoms in total. The predicted octanol–water partition coefficient (Wildman–Crippen LogP) is 7.29. The summed E-state index contributed by atoms with van der Waals surface area (Å²) in [6.07, 6.45) is 13.6. The number of hydrogen-bond donors (Lipinski definition) is 0. The summed E-state index contributed by atoms with van der Waals surface area (Å²) in [5, 5.41) is 0. The van der Waals surface area contributed by atoms with Crippen LogP contribution in [0.4, 0.5) is 5.82 Å². The molecular weight excluding hydrogens is 838 g/mol. The van der Waals surface area contributed by atoms with Crippen molar-refractivity contribution in [3.05, 3.63) is 70.4 Å². The van der Waals surface area contributed by atoms with Crippen LogP contribution < -0.4 is 4.90 Å². The highest BCUT2D eigenvalue weighted by Gasteiger charge is 2.45. The lowest BCUT2D eigenvalue weighted by Gasteiger charge is -2.37. The van der Waals surface area contributed by atoms with Crippen LogP contribution in [0.15, 0.2) is 59.1 Å². The van der Waals surface area contributed by atoms with Crippen LogP contribution in [0.25, 0.3) is 3.58 Å². The van der Waals surface area contributed by atoms with Gasteiger partial charge in [-0.05, 0) is 79.8 Å². The van der Waals surface area contributed by atoms with Crippen molar-refractivity contribution in [2.45, 2.75) is 87.4 Å². The molecule has 252 valence electrons. The fourth-order valence-corrected chi connectivity index (χ4v) is 10.4. The van der Waals surface area contributed by atoms with E-state index in [1.165, 1.54) is 0 Å². The number of allylic oxidation sites excluding steroid dienone is 4. The second kappa shape index (κ2) is 13.8. The Morgan fingerprint density at radius 1 is 1.21 bits per heavy atom. The van der Waals surface area contributed by atoms with Gasteiger partial charge >= 0.3 is 5.97 Å². The maximum absolute atomic E-state index is 14.1. The summed E-state index contributed by atoms with van der Waals surface area (Å²) in [7, 11) is -1.23. The molecule has 12 heteroatoms. The highest BCUT2D eigenvalue weighted by molar-refractivity contribution is 14.1. The zero-order valence-corrected chi connectivity index (χ0v) is 33.3. The fourth-order valence-electron chi connectivity index (χ4n) is 6.76. The van der Waals surface area contributed by atoms with Gasteiger partial charge in [0, 0.05) is 48.6 Å². The van der Waals surface area contributed by atoms with E-state index in [0.29, 0.717) is 19.6 Å². The van der Waals surface area contributed by atoms with Gasteiger partial charge in [0.05, 0.1) is 27.8 Å². The number of amides is 1. The van der Waals surface area contributed by atoms with Gasteiger partial charge in [0.25, 0.3) is 5.91 Å². The van der Waals surface area contributed by atoms with Gasteiger partial charge in [0.2, 0.25) is 0 Å². The molecule has 5 aliphatic rings. The first kappa shape index (κ1) is 35.0. The zero-order valence-electron chi connectivity index (χ0n) is 28.0. The van der Waals surface area contributed by atoms with E-state index in [-0.39, 0.29) is 40.6 Å². The summed E-state index contributed by atoms with van der Waals surface area (Å²) in [5.41, 5.74) is 5.27. The Hall–Kier alpha value is -1.88. The molecule has 0 radical (unpaired) electrons. The average Bonchev–Trinajstić information content (AvgIpc) is 3.15. The number of alkyl halides is 1. The third-order valence-corrected chi connectivity index (χ3v) is 13.1. The van der Waals surface area contributed by atoms with Crippen molar-refractivity contribution in [1.29, 1.82) is 0 Å². The third-order valence-electron chi connectivity index (χ3n) is 9.06. The smallest absolute Gasteiger partial charge is 0.331 e. The number of rotatable bonds is 7. The van der Waals surface area contributed by atoms with Gasteiger partial charge in [-0.1, -0.05) is 66.0 Å². The molecule has 6 rings (SSSR count). The highest BCUT2D eigenvalue weighted by atomic mass is 127. The maximum Gasteiger partial charge on any atom is 0.331 e.